The van der Waals surface area contributed by atoms with Crippen molar-refractivity contribution in [1.29, 1.82) is 0 Å². The second kappa shape index (κ2) is 14.1. The van der Waals surface area contributed by atoms with Crippen LogP contribution in [-0.4, -0.2) is 62.2 Å². The summed E-state index contributed by atoms with van der Waals surface area (Å²) in [5.41, 5.74) is -0.705. The van der Waals surface area contributed by atoms with Gasteiger partial charge in [0.25, 0.3) is 0 Å². The first kappa shape index (κ1) is 28.9. The van der Waals surface area contributed by atoms with E-state index in [4.69, 9.17) is 24.8 Å². The third-order valence-corrected chi connectivity index (χ3v) is 3.54. The highest BCUT2D eigenvalue weighted by molar-refractivity contribution is 9.10. The highest BCUT2D eigenvalue weighted by Crippen LogP contribution is 2.29. The maximum Gasteiger partial charge on any atom is 0.358 e. The summed E-state index contributed by atoms with van der Waals surface area (Å²) >= 11 is 2.96. The van der Waals surface area contributed by atoms with Crippen molar-refractivity contribution in [2.24, 2.45) is 0 Å². The van der Waals surface area contributed by atoms with Gasteiger partial charge in [0.1, 0.15) is 0 Å². The van der Waals surface area contributed by atoms with E-state index in [9.17, 15) is 24.0 Å². The average Bonchev–Trinajstić information content (AvgIpc) is 2.69. The van der Waals surface area contributed by atoms with Crippen LogP contribution < -0.4 is 9.47 Å². The second-order valence-electron chi connectivity index (χ2n) is 5.47. The van der Waals surface area contributed by atoms with Crippen LogP contribution in [0.2, 0.25) is 0 Å². The molecule has 2 heterocycles. The van der Waals surface area contributed by atoms with Gasteiger partial charge in [-0.1, -0.05) is 0 Å². The summed E-state index contributed by atoms with van der Waals surface area (Å²) in [6.07, 6.45) is 2.56. The Bertz CT molecular complexity index is 1030. The third-order valence-electron chi connectivity index (χ3n) is 2.90. The predicted molar refractivity (Wildman–Crippen MR) is 112 cm³/mol. The first-order valence-electron chi connectivity index (χ1n) is 8.52. The molecule has 0 atom stereocenters. The number of carboxylic acid groups (broad SMARTS) is 2. The number of aromatic nitrogens is 2. The molecule has 2 aromatic heterocycles. The Morgan fingerprint density at radius 2 is 1.33 bits per heavy atom. The van der Waals surface area contributed by atoms with Crippen molar-refractivity contribution in [3.05, 3.63) is 40.4 Å². The van der Waals surface area contributed by atoms with Crippen LogP contribution in [0.25, 0.3) is 0 Å². The number of rotatable bonds is 4. The minimum Gasteiger partial charge on any atom is -0.504 e. The van der Waals surface area contributed by atoms with Crippen LogP contribution in [0.15, 0.2) is 29.0 Å². The Labute approximate surface area is 195 Å². The first-order valence-corrected chi connectivity index (χ1v) is 9.31. The average molecular weight is 531 g/mol. The number of nitrogens with zero attached hydrogens (tertiary/aromatic N) is 2. The molecule has 0 aliphatic rings. The summed E-state index contributed by atoms with van der Waals surface area (Å²) in [6, 6.07) is 2.87. The monoisotopic (exact) mass is 530 g/mol. The van der Waals surface area contributed by atoms with E-state index in [2.05, 4.69) is 30.6 Å². The van der Waals surface area contributed by atoms with E-state index < -0.39 is 29.8 Å². The van der Waals surface area contributed by atoms with Crippen LogP contribution in [0.4, 0.5) is 0 Å². The SMILES string of the molecule is CC(=O)OC(C)=O.COc1ccnc(C(=O)O)c1OC(C)=O.O=C(O)c1nccc(Br)c1O. The van der Waals surface area contributed by atoms with Gasteiger partial charge < -0.3 is 29.5 Å². The molecule has 0 amide bonds. The van der Waals surface area contributed by atoms with E-state index in [-0.39, 0.29) is 28.6 Å². The molecule has 0 aliphatic carbocycles. The highest BCUT2D eigenvalue weighted by atomic mass is 79.9. The predicted octanol–water partition coefficient (Wildman–Crippen LogP) is 2.06. The third kappa shape index (κ3) is 10.7. The minimum absolute atomic E-state index is 0.151. The second-order valence-corrected chi connectivity index (χ2v) is 6.32. The van der Waals surface area contributed by atoms with Gasteiger partial charge in [-0.05, 0) is 22.0 Å². The fourth-order valence-corrected chi connectivity index (χ4v) is 2.08. The number of pyridine rings is 2. The number of carbonyl (C=O) groups is 5. The van der Waals surface area contributed by atoms with Gasteiger partial charge in [0.05, 0.1) is 11.6 Å². The fraction of sp³-hybridized carbons (Fsp3) is 0.211. The van der Waals surface area contributed by atoms with Gasteiger partial charge in [0.2, 0.25) is 5.75 Å². The summed E-state index contributed by atoms with van der Waals surface area (Å²) in [6.45, 7) is 3.53. The van der Waals surface area contributed by atoms with Crippen molar-refractivity contribution in [2.75, 3.05) is 7.11 Å². The molecule has 0 aliphatic heterocycles. The van der Waals surface area contributed by atoms with Gasteiger partial charge in [0.15, 0.2) is 22.9 Å². The number of aromatic carboxylic acids is 2. The Morgan fingerprint density at radius 3 is 1.70 bits per heavy atom. The number of hydrogen-bond donors (Lipinski definition) is 3. The Balaban J connectivity index is 0.000000501. The Kier molecular flexibility index (Phi) is 12.3. The maximum atomic E-state index is 10.8. The van der Waals surface area contributed by atoms with Gasteiger partial charge in [-0.15, -0.1) is 0 Å². The smallest absolute Gasteiger partial charge is 0.358 e. The fourth-order valence-electron chi connectivity index (χ4n) is 1.78. The van der Waals surface area contributed by atoms with Crippen LogP contribution in [0, 0.1) is 0 Å². The molecule has 2 aromatic rings. The van der Waals surface area contributed by atoms with Crippen LogP contribution in [0.5, 0.6) is 17.2 Å². The number of esters is 3. The quantitative estimate of drug-likeness (QED) is 0.383. The molecule has 0 unspecified atom stereocenters. The van der Waals surface area contributed by atoms with Crippen LogP contribution in [0.1, 0.15) is 41.7 Å². The molecule has 178 valence electrons. The molecule has 0 fully saturated rings. The molecule has 33 heavy (non-hydrogen) atoms. The van der Waals surface area contributed by atoms with E-state index in [0.717, 1.165) is 6.92 Å². The molecule has 13 nitrogen and oxygen atoms in total. The minimum atomic E-state index is -1.29. The lowest BCUT2D eigenvalue weighted by Gasteiger charge is -2.08. The van der Waals surface area contributed by atoms with Crippen molar-refractivity contribution in [2.45, 2.75) is 20.8 Å². The van der Waals surface area contributed by atoms with E-state index in [0.29, 0.717) is 4.47 Å². The first-order chi connectivity index (χ1) is 15.3. The molecule has 0 saturated carbocycles. The number of aromatic hydroxyl groups is 1. The molecule has 0 spiro atoms. The van der Waals surface area contributed by atoms with E-state index >= 15 is 0 Å². The van der Waals surface area contributed by atoms with Gasteiger partial charge >= 0.3 is 29.8 Å². The molecule has 0 aromatic carbocycles. The topological polar surface area (TPSA) is 200 Å². The number of carbonyl (C=O) groups excluding carboxylic acids is 3. The van der Waals surface area contributed by atoms with Crippen LogP contribution >= 0.6 is 15.9 Å². The molecular formula is C19H19BrN2O11. The molecule has 0 bridgehead atoms. The Morgan fingerprint density at radius 1 is 0.848 bits per heavy atom. The summed E-state index contributed by atoms with van der Waals surface area (Å²) in [5, 5.41) is 26.3. The Hall–Kier alpha value is -4.07. The number of hydrogen-bond acceptors (Lipinski definition) is 11. The standard InChI is InChI=1S/C9H9NO5.C6H4BrNO3.C4H6O3/c1-5(11)15-8-6(14-2)3-4-10-7(8)9(12)13;7-3-1-2-8-4(5(3)9)6(10)11;1-3(5)7-4(2)6/h3-4H,1-2H3,(H,12,13);1-2,9H,(H,10,11);1-2H3. The van der Waals surface area contributed by atoms with E-state index in [1.807, 2.05) is 0 Å². The van der Waals surface area contributed by atoms with E-state index in [1.165, 1.54) is 45.5 Å². The number of carboxylic acids is 2. The van der Waals surface area contributed by atoms with Gasteiger partial charge in [-0.3, -0.25) is 14.4 Å². The molecule has 3 N–H and O–H groups in total. The van der Waals surface area contributed by atoms with E-state index in [1.54, 1.807) is 0 Å². The van der Waals surface area contributed by atoms with Gasteiger partial charge in [-0.2, -0.15) is 0 Å². The number of halogens is 1. The molecule has 0 saturated heterocycles. The molecule has 0 radical (unpaired) electrons. The summed E-state index contributed by atoms with van der Waals surface area (Å²) < 4.78 is 13.9. The van der Waals surface area contributed by atoms with Crippen LogP contribution in [0.3, 0.4) is 0 Å². The van der Waals surface area contributed by atoms with Crippen LogP contribution in [-0.2, 0) is 19.1 Å². The van der Waals surface area contributed by atoms with Crippen molar-refractivity contribution >= 4 is 45.8 Å². The lowest BCUT2D eigenvalue weighted by molar-refractivity contribution is -0.156. The van der Waals surface area contributed by atoms with Crippen molar-refractivity contribution in [3.63, 3.8) is 0 Å². The number of ether oxygens (including phenoxy) is 3. The molecule has 2 rings (SSSR count). The highest BCUT2D eigenvalue weighted by Gasteiger charge is 2.19. The van der Waals surface area contributed by atoms with Crippen molar-refractivity contribution in [3.8, 4) is 17.2 Å². The maximum absolute atomic E-state index is 10.8. The zero-order chi connectivity index (χ0) is 25.7. The van der Waals surface area contributed by atoms with Crippen molar-refractivity contribution < 1.29 is 53.5 Å². The summed E-state index contributed by atoms with van der Waals surface area (Å²) in [7, 11) is 1.34. The lowest BCUT2D eigenvalue weighted by atomic mass is 10.3. The van der Waals surface area contributed by atoms with Gasteiger partial charge in [-0.25, -0.2) is 19.6 Å². The zero-order valence-corrected chi connectivity index (χ0v) is 19.3. The molecular weight excluding hydrogens is 512 g/mol. The van der Waals surface area contributed by atoms with Gasteiger partial charge in [0, 0.05) is 39.2 Å². The zero-order valence-electron chi connectivity index (χ0n) is 17.7. The number of methoxy groups -OCH3 is 1. The summed E-state index contributed by atoms with van der Waals surface area (Å²) in [5.74, 6) is -4.67. The lowest BCUT2D eigenvalue weighted by Crippen LogP contribution is -2.10. The largest absolute Gasteiger partial charge is 0.504 e. The normalized spacial score (nSPS) is 9.12. The molecule has 14 heteroatoms. The summed E-state index contributed by atoms with van der Waals surface area (Å²) in [4.78, 5) is 58.5. The van der Waals surface area contributed by atoms with Crippen molar-refractivity contribution in [1.82, 2.24) is 9.97 Å².